The van der Waals surface area contributed by atoms with E-state index in [2.05, 4.69) is 5.32 Å². The average molecular weight is 244 g/mol. The van der Waals surface area contributed by atoms with Gasteiger partial charge in [-0.2, -0.15) is 0 Å². The third-order valence-electron chi connectivity index (χ3n) is 4.82. The lowest BCUT2D eigenvalue weighted by Gasteiger charge is -2.50. The van der Waals surface area contributed by atoms with Crippen molar-refractivity contribution in [1.29, 1.82) is 0 Å². The fourth-order valence-corrected chi connectivity index (χ4v) is 3.34. The lowest BCUT2D eigenvalue weighted by atomic mass is 9.57. The number of hydrogen-bond acceptors (Lipinski definition) is 2. The molecule has 0 saturated heterocycles. The van der Waals surface area contributed by atoms with Crippen LogP contribution in [0.15, 0.2) is 30.3 Å². The van der Waals surface area contributed by atoms with Gasteiger partial charge in [0, 0.05) is 16.6 Å². The first-order valence-electron chi connectivity index (χ1n) is 6.77. The summed E-state index contributed by atoms with van der Waals surface area (Å²) >= 11 is 0. The summed E-state index contributed by atoms with van der Waals surface area (Å²) in [6.45, 7) is 0. The largest absolute Gasteiger partial charge is 0.326 e. The highest BCUT2D eigenvalue weighted by Crippen LogP contribution is 2.51. The van der Waals surface area contributed by atoms with Crippen molar-refractivity contribution in [2.45, 2.75) is 44.1 Å². The molecule has 3 saturated carbocycles. The normalized spacial score (nSPS) is 34.3. The second-order valence-corrected chi connectivity index (χ2v) is 5.96. The fourth-order valence-electron chi connectivity index (χ4n) is 3.34. The molecule has 0 heterocycles. The molecule has 1 aromatic rings. The van der Waals surface area contributed by atoms with Crippen molar-refractivity contribution in [3.63, 3.8) is 0 Å². The minimum absolute atomic E-state index is 0.0226. The second-order valence-electron chi connectivity index (χ2n) is 5.96. The molecule has 0 unspecified atom stereocenters. The van der Waals surface area contributed by atoms with Crippen LogP contribution >= 0.6 is 0 Å². The first-order chi connectivity index (χ1) is 8.62. The number of fused-ring (bicyclic) bond motifs is 3. The quantitative estimate of drug-likeness (QED) is 0.840. The van der Waals surface area contributed by atoms with E-state index in [4.69, 9.17) is 5.73 Å². The van der Waals surface area contributed by atoms with Gasteiger partial charge in [0.1, 0.15) is 0 Å². The molecule has 96 valence electrons. The van der Waals surface area contributed by atoms with Crippen LogP contribution in [0.4, 0.5) is 5.69 Å². The monoisotopic (exact) mass is 244 g/mol. The Morgan fingerprint density at radius 3 is 2.11 bits per heavy atom. The highest BCUT2D eigenvalue weighted by Gasteiger charge is 2.50. The Labute approximate surface area is 108 Å². The standard InChI is InChI=1S/C15H20N2O/c16-15-9-6-14(7-10-15,8-11-15)13(18)17-12-4-2-1-3-5-12/h1-5H,6-11,16H2,(H,17,18). The van der Waals surface area contributed by atoms with Crippen LogP contribution in [-0.4, -0.2) is 11.4 Å². The van der Waals surface area contributed by atoms with E-state index in [-0.39, 0.29) is 16.9 Å². The zero-order valence-corrected chi connectivity index (χ0v) is 10.6. The van der Waals surface area contributed by atoms with Crippen LogP contribution in [-0.2, 0) is 4.79 Å². The van der Waals surface area contributed by atoms with Crippen LogP contribution in [0.1, 0.15) is 38.5 Å². The van der Waals surface area contributed by atoms with Crippen molar-refractivity contribution in [2.75, 3.05) is 5.32 Å². The van der Waals surface area contributed by atoms with Crippen LogP contribution in [0.3, 0.4) is 0 Å². The predicted octanol–water partition coefficient (Wildman–Crippen LogP) is 2.68. The Hall–Kier alpha value is -1.35. The second kappa shape index (κ2) is 4.09. The van der Waals surface area contributed by atoms with Gasteiger partial charge in [-0.1, -0.05) is 18.2 Å². The van der Waals surface area contributed by atoms with Gasteiger partial charge >= 0.3 is 0 Å². The molecule has 4 rings (SSSR count). The van der Waals surface area contributed by atoms with Gasteiger partial charge in [-0.15, -0.1) is 0 Å². The van der Waals surface area contributed by atoms with Crippen molar-refractivity contribution < 1.29 is 4.79 Å². The van der Waals surface area contributed by atoms with Gasteiger partial charge in [-0.05, 0) is 50.7 Å². The van der Waals surface area contributed by atoms with Crippen LogP contribution in [0, 0.1) is 5.41 Å². The number of rotatable bonds is 2. The fraction of sp³-hybridized carbons (Fsp3) is 0.533. The number of nitrogens with two attached hydrogens (primary N) is 1. The van der Waals surface area contributed by atoms with Crippen molar-refractivity contribution in [1.82, 2.24) is 0 Å². The van der Waals surface area contributed by atoms with Gasteiger partial charge in [0.05, 0.1) is 0 Å². The van der Waals surface area contributed by atoms with Crippen molar-refractivity contribution >= 4 is 11.6 Å². The van der Waals surface area contributed by atoms with E-state index < -0.39 is 0 Å². The molecule has 0 aromatic heterocycles. The van der Waals surface area contributed by atoms with Crippen molar-refractivity contribution in [3.05, 3.63) is 30.3 Å². The Morgan fingerprint density at radius 1 is 1.00 bits per heavy atom. The van der Waals surface area contributed by atoms with Crippen molar-refractivity contribution in [2.24, 2.45) is 11.1 Å². The minimum Gasteiger partial charge on any atom is -0.326 e. The zero-order chi connectivity index (χ0) is 12.6. The van der Waals surface area contributed by atoms with E-state index in [0.717, 1.165) is 44.2 Å². The molecule has 3 N–H and O–H groups in total. The molecule has 3 aliphatic carbocycles. The maximum absolute atomic E-state index is 12.5. The number of carbonyl (C=O) groups is 1. The number of para-hydroxylation sites is 1. The molecule has 3 nitrogen and oxygen atoms in total. The van der Waals surface area contributed by atoms with Crippen molar-refractivity contribution in [3.8, 4) is 0 Å². The van der Waals surface area contributed by atoms with Crippen LogP contribution in [0.25, 0.3) is 0 Å². The van der Waals surface area contributed by atoms with E-state index in [1.165, 1.54) is 0 Å². The highest BCUT2D eigenvalue weighted by atomic mass is 16.2. The SMILES string of the molecule is NC12CCC(C(=O)Nc3ccccc3)(CC1)CC2. The molecule has 0 radical (unpaired) electrons. The molecule has 18 heavy (non-hydrogen) atoms. The first-order valence-corrected chi connectivity index (χ1v) is 6.77. The van der Waals surface area contributed by atoms with E-state index in [1.54, 1.807) is 0 Å². The summed E-state index contributed by atoms with van der Waals surface area (Å²) in [5.74, 6) is 0.190. The molecule has 2 bridgehead atoms. The van der Waals surface area contributed by atoms with E-state index in [0.29, 0.717) is 0 Å². The van der Waals surface area contributed by atoms with Gasteiger partial charge in [0.25, 0.3) is 0 Å². The number of amides is 1. The summed E-state index contributed by atoms with van der Waals surface area (Å²) in [5.41, 5.74) is 7.04. The Balaban J connectivity index is 1.73. The van der Waals surface area contributed by atoms with E-state index in [1.807, 2.05) is 30.3 Å². The zero-order valence-electron chi connectivity index (χ0n) is 10.6. The molecule has 3 fully saturated rings. The third-order valence-corrected chi connectivity index (χ3v) is 4.82. The van der Waals surface area contributed by atoms with Crippen LogP contribution in [0.5, 0.6) is 0 Å². The van der Waals surface area contributed by atoms with Gasteiger partial charge < -0.3 is 11.1 Å². The van der Waals surface area contributed by atoms with E-state index in [9.17, 15) is 4.79 Å². The Kier molecular flexibility index (Phi) is 2.67. The average Bonchev–Trinajstić information content (AvgIpc) is 2.41. The maximum atomic E-state index is 12.5. The molecular weight excluding hydrogens is 224 g/mol. The summed E-state index contributed by atoms with van der Waals surface area (Å²) in [6, 6.07) is 9.72. The summed E-state index contributed by atoms with van der Waals surface area (Å²) in [4.78, 5) is 12.5. The highest BCUT2D eigenvalue weighted by molar-refractivity contribution is 5.95. The number of anilines is 1. The summed E-state index contributed by atoms with van der Waals surface area (Å²) in [6.07, 6.45) is 5.83. The molecule has 0 spiro atoms. The number of benzene rings is 1. The summed E-state index contributed by atoms with van der Waals surface area (Å²) < 4.78 is 0. The Bertz CT molecular complexity index is 430. The summed E-state index contributed by atoms with van der Waals surface area (Å²) in [5, 5.41) is 3.06. The van der Waals surface area contributed by atoms with Gasteiger partial charge in [0.2, 0.25) is 5.91 Å². The molecule has 3 heteroatoms. The van der Waals surface area contributed by atoms with Crippen LogP contribution < -0.4 is 11.1 Å². The van der Waals surface area contributed by atoms with E-state index >= 15 is 0 Å². The van der Waals surface area contributed by atoms with Gasteiger partial charge in [-0.25, -0.2) is 0 Å². The number of carbonyl (C=O) groups excluding carboxylic acids is 1. The maximum Gasteiger partial charge on any atom is 0.230 e. The smallest absolute Gasteiger partial charge is 0.230 e. The first kappa shape index (κ1) is 11.7. The molecule has 1 amide bonds. The summed E-state index contributed by atoms with van der Waals surface area (Å²) in [7, 11) is 0. The van der Waals surface area contributed by atoms with Crippen LogP contribution in [0.2, 0.25) is 0 Å². The molecular formula is C15H20N2O. The van der Waals surface area contributed by atoms with Gasteiger partial charge in [0.15, 0.2) is 0 Å². The Morgan fingerprint density at radius 2 is 1.56 bits per heavy atom. The molecule has 1 aromatic carbocycles. The molecule has 0 aliphatic heterocycles. The molecule has 3 aliphatic rings. The van der Waals surface area contributed by atoms with Gasteiger partial charge in [-0.3, -0.25) is 4.79 Å². The number of hydrogen-bond donors (Lipinski definition) is 2. The topological polar surface area (TPSA) is 55.1 Å². The minimum atomic E-state index is -0.156. The predicted molar refractivity (Wildman–Crippen MR) is 72.1 cm³/mol. The number of nitrogens with one attached hydrogen (secondary N) is 1. The lowest BCUT2D eigenvalue weighted by molar-refractivity contribution is -0.131. The molecule has 0 atom stereocenters. The lowest BCUT2D eigenvalue weighted by Crippen LogP contribution is -2.55. The third kappa shape index (κ3) is 1.93.